The molecule has 1 aliphatic rings. The highest BCUT2D eigenvalue weighted by Gasteiger charge is 2.30. The number of carbonyl (C=O) groups excluding carboxylic acids is 1. The van der Waals surface area contributed by atoms with Crippen molar-refractivity contribution in [1.82, 2.24) is 5.32 Å². The van der Waals surface area contributed by atoms with Crippen LogP contribution in [-0.2, 0) is 16.0 Å². The minimum atomic E-state index is -0.974. The summed E-state index contributed by atoms with van der Waals surface area (Å²) >= 11 is 0. The van der Waals surface area contributed by atoms with Crippen molar-refractivity contribution < 1.29 is 16.1 Å². The van der Waals surface area contributed by atoms with Gasteiger partial charge in [0.2, 0.25) is 5.91 Å². The lowest BCUT2D eigenvalue weighted by Gasteiger charge is -2.30. The third-order valence-electron chi connectivity index (χ3n) is 4.98. The number of hydrogen-bond donors (Lipinski definition) is 2. The van der Waals surface area contributed by atoms with Crippen LogP contribution in [0.25, 0.3) is 0 Å². The summed E-state index contributed by atoms with van der Waals surface area (Å²) in [7, 11) is 0. The summed E-state index contributed by atoms with van der Waals surface area (Å²) in [5.74, 6) is 0.235. The Balaban J connectivity index is 0.00000288. The molecule has 4 heteroatoms. The first-order chi connectivity index (χ1) is 11.0. The molecule has 0 heterocycles. The number of rotatable bonds is 6. The predicted molar refractivity (Wildman–Crippen MR) is 92.1 cm³/mol. The highest BCUT2D eigenvalue weighted by molar-refractivity contribution is 5.85. The van der Waals surface area contributed by atoms with Crippen molar-refractivity contribution in [2.45, 2.75) is 52.0 Å². The summed E-state index contributed by atoms with van der Waals surface area (Å²) in [6, 6.07) is 8.57. The smallest absolute Gasteiger partial charge is 0.326 e. The molecule has 1 amide bonds. The van der Waals surface area contributed by atoms with Crippen molar-refractivity contribution >= 4 is 11.9 Å². The van der Waals surface area contributed by atoms with Gasteiger partial charge in [-0.1, -0.05) is 44.2 Å². The molecule has 1 fully saturated rings. The Labute approximate surface area is 139 Å². The van der Waals surface area contributed by atoms with Gasteiger partial charge in [-0.05, 0) is 43.1 Å². The minimum Gasteiger partial charge on any atom is -0.480 e. The van der Waals surface area contributed by atoms with Gasteiger partial charge in [-0.3, -0.25) is 4.79 Å². The monoisotopic (exact) mass is 319 g/mol. The number of carboxylic acid groups (broad SMARTS) is 1. The van der Waals surface area contributed by atoms with E-state index in [0.29, 0.717) is 18.3 Å². The van der Waals surface area contributed by atoms with E-state index in [4.69, 9.17) is 0 Å². The number of nitrogens with one attached hydrogen (secondary N) is 1. The summed E-state index contributed by atoms with van der Waals surface area (Å²) in [5.41, 5.74) is 0.920. The maximum Gasteiger partial charge on any atom is 0.326 e. The molecule has 128 valence electrons. The molecular weight excluding hydrogens is 290 g/mol. The second kappa shape index (κ2) is 8.14. The third-order valence-corrected chi connectivity index (χ3v) is 4.98. The standard InChI is InChI=1S/C19H27NO3.H2/c1-13(2)15-8-10-16(11-9-15)18(21)20-17(19(22)23)12-14-6-4-3-5-7-14;/h3-7,13,15-17H,8-12H2,1-2H3,(H,20,21)(H,22,23);1H/t15?,16?,17-;/m1./s1. The molecule has 2 rings (SSSR count). The van der Waals surface area contributed by atoms with Crippen LogP contribution >= 0.6 is 0 Å². The van der Waals surface area contributed by atoms with Crippen molar-refractivity contribution in [3.63, 3.8) is 0 Å². The summed E-state index contributed by atoms with van der Waals surface area (Å²) in [4.78, 5) is 23.9. The number of benzene rings is 1. The molecule has 1 aromatic rings. The SMILES string of the molecule is CC(C)C1CCC(C(=O)N[C@H](Cc2ccccc2)C(=O)O)CC1.[HH]. The summed E-state index contributed by atoms with van der Waals surface area (Å²) in [6.07, 6.45) is 4.18. The van der Waals surface area contributed by atoms with Crippen LogP contribution < -0.4 is 5.32 Å². The van der Waals surface area contributed by atoms with Gasteiger partial charge in [0.1, 0.15) is 6.04 Å². The van der Waals surface area contributed by atoms with Gasteiger partial charge >= 0.3 is 5.97 Å². The summed E-state index contributed by atoms with van der Waals surface area (Å²) in [6.45, 7) is 4.46. The normalized spacial score (nSPS) is 22.6. The van der Waals surface area contributed by atoms with Gasteiger partial charge in [0, 0.05) is 13.8 Å². The first-order valence-corrected chi connectivity index (χ1v) is 8.54. The number of carbonyl (C=O) groups is 2. The van der Waals surface area contributed by atoms with Gasteiger partial charge in [-0.15, -0.1) is 0 Å². The second-order valence-electron chi connectivity index (χ2n) is 6.94. The van der Waals surface area contributed by atoms with Crippen LogP contribution in [-0.4, -0.2) is 23.0 Å². The number of aliphatic carboxylic acids is 1. The molecule has 0 saturated heterocycles. The second-order valence-corrected chi connectivity index (χ2v) is 6.94. The van der Waals surface area contributed by atoms with Gasteiger partial charge in [-0.25, -0.2) is 4.79 Å². The van der Waals surface area contributed by atoms with Gasteiger partial charge < -0.3 is 10.4 Å². The number of hydrogen-bond acceptors (Lipinski definition) is 2. The summed E-state index contributed by atoms with van der Waals surface area (Å²) in [5, 5.41) is 12.1. The molecule has 1 atom stereocenters. The van der Waals surface area contributed by atoms with Crippen LogP contribution in [0.3, 0.4) is 0 Å². The van der Waals surface area contributed by atoms with E-state index in [-0.39, 0.29) is 13.3 Å². The molecule has 1 aromatic carbocycles. The average molecular weight is 319 g/mol. The Hall–Kier alpha value is -1.84. The minimum absolute atomic E-state index is 0. The van der Waals surface area contributed by atoms with Gasteiger partial charge in [-0.2, -0.15) is 0 Å². The lowest BCUT2D eigenvalue weighted by atomic mass is 9.76. The molecule has 23 heavy (non-hydrogen) atoms. The van der Waals surface area contributed by atoms with Gasteiger partial charge in [0.05, 0.1) is 0 Å². The van der Waals surface area contributed by atoms with Crippen molar-refractivity contribution in [3.05, 3.63) is 35.9 Å². The predicted octanol–water partition coefficient (Wildman–Crippen LogP) is 3.51. The van der Waals surface area contributed by atoms with Crippen LogP contribution in [0.4, 0.5) is 0 Å². The summed E-state index contributed by atoms with van der Waals surface area (Å²) < 4.78 is 0. The van der Waals surface area contributed by atoms with E-state index in [0.717, 1.165) is 31.2 Å². The third kappa shape index (κ3) is 5.08. The van der Waals surface area contributed by atoms with Crippen molar-refractivity contribution in [2.75, 3.05) is 0 Å². The Morgan fingerprint density at radius 2 is 1.78 bits per heavy atom. The van der Waals surface area contributed by atoms with Gasteiger partial charge in [0.25, 0.3) is 0 Å². The largest absolute Gasteiger partial charge is 0.480 e. The van der Waals surface area contributed by atoms with Crippen LogP contribution in [0.15, 0.2) is 30.3 Å². The van der Waals surface area contributed by atoms with Crippen molar-refractivity contribution in [1.29, 1.82) is 0 Å². The Morgan fingerprint density at radius 3 is 2.30 bits per heavy atom. The zero-order valence-electron chi connectivity index (χ0n) is 14.0. The van der Waals surface area contributed by atoms with E-state index in [9.17, 15) is 14.7 Å². The maximum absolute atomic E-state index is 12.4. The van der Waals surface area contributed by atoms with Crippen LogP contribution in [0.5, 0.6) is 0 Å². The molecule has 2 N–H and O–H groups in total. The van der Waals surface area contributed by atoms with Gasteiger partial charge in [0.15, 0.2) is 0 Å². The Kier molecular flexibility index (Phi) is 6.20. The van der Waals surface area contributed by atoms with E-state index in [1.165, 1.54) is 0 Å². The molecule has 0 radical (unpaired) electrons. The molecule has 1 saturated carbocycles. The van der Waals surface area contributed by atoms with Crippen LogP contribution in [0, 0.1) is 17.8 Å². The fraction of sp³-hybridized carbons (Fsp3) is 0.579. The van der Waals surface area contributed by atoms with Crippen molar-refractivity contribution in [2.24, 2.45) is 17.8 Å². The van der Waals surface area contributed by atoms with E-state index in [1.54, 1.807) is 0 Å². The number of amides is 1. The average Bonchev–Trinajstić information content (AvgIpc) is 2.55. The lowest BCUT2D eigenvalue weighted by Crippen LogP contribution is -2.45. The fourth-order valence-corrected chi connectivity index (χ4v) is 3.39. The highest BCUT2D eigenvalue weighted by Crippen LogP contribution is 2.33. The zero-order valence-corrected chi connectivity index (χ0v) is 14.0. The Bertz CT molecular complexity index is 525. The highest BCUT2D eigenvalue weighted by atomic mass is 16.4. The van der Waals surface area contributed by atoms with E-state index in [2.05, 4.69) is 19.2 Å². The first kappa shape index (κ1) is 17.5. The molecular formula is C19H29NO3. The first-order valence-electron chi connectivity index (χ1n) is 8.54. The van der Waals surface area contributed by atoms with Crippen LogP contribution in [0.1, 0.15) is 46.5 Å². The molecule has 0 aliphatic heterocycles. The maximum atomic E-state index is 12.4. The molecule has 0 unspecified atom stereocenters. The molecule has 0 aromatic heterocycles. The molecule has 0 spiro atoms. The van der Waals surface area contributed by atoms with E-state index >= 15 is 0 Å². The topological polar surface area (TPSA) is 66.4 Å². The lowest BCUT2D eigenvalue weighted by molar-refractivity contribution is -0.142. The Morgan fingerprint density at radius 1 is 1.17 bits per heavy atom. The van der Waals surface area contributed by atoms with E-state index < -0.39 is 12.0 Å². The van der Waals surface area contributed by atoms with Crippen molar-refractivity contribution in [3.8, 4) is 0 Å². The van der Waals surface area contributed by atoms with Crippen LogP contribution in [0.2, 0.25) is 0 Å². The molecule has 1 aliphatic carbocycles. The zero-order chi connectivity index (χ0) is 16.8. The molecule has 4 nitrogen and oxygen atoms in total. The molecule has 0 bridgehead atoms. The fourth-order valence-electron chi connectivity index (χ4n) is 3.39. The quantitative estimate of drug-likeness (QED) is 0.843. The number of carboxylic acids is 1. The van der Waals surface area contributed by atoms with E-state index in [1.807, 2.05) is 30.3 Å².